The van der Waals surface area contributed by atoms with Gasteiger partial charge in [-0.05, 0) is 47.1 Å². The maximum atomic E-state index is 12.2. The van der Waals surface area contributed by atoms with Crippen molar-refractivity contribution in [3.63, 3.8) is 0 Å². The summed E-state index contributed by atoms with van der Waals surface area (Å²) in [6, 6.07) is 10.9. The van der Waals surface area contributed by atoms with Gasteiger partial charge in [-0.1, -0.05) is 12.1 Å². The second-order valence-electron chi connectivity index (χ2n) is 4.85. The lowest BCUT2D eigenvalue weighted by Gasteiger charge is -2.13. The molecule has 0 unspecified atom stereocenters. The number of rotatable bonds is 4. The van der Waals surface area contributed by atoms with Gasteiger partial charge in [-0.25, -0.2) is 4.98 Å². The molecule has 0 spiro atoms. The van der Waals surface area contributed by atoms with Crippen molar-refractivity contribution in [3.8, 4) is 22.9 Å². The molecule has 0 aliphatic rings. The Balaban J connectivity index is 2.20. The van der Waals surface area contributed by atoms with Gasteiger partial charge in [0.05, 0.1) is 29.1 Å². The molecule has 1 aromatic heterocycles. The standard InChI is InChI=1S/C17H15BrN2O3/c1-3-23-14-9-10(8-12(18)15(14)22-2)16-19-13-7-5-4-6-11(13)17(21)20-16/h4-9H,3H2,1-2H3,(H,19,20,21). The second-order valence-corrected chi connectivity index (χ2v) is 5.71. The summed E-state index contributed by atoms with van der Waals surface area (Å²) in [4.78, 5) is 19.6. The van der Waals surface area contributed by atoms with Crippen molar-refractivity contribution in [1.82, 2.24) is 9.97 Å². The highest BCUT2D eigenvalue weighted by Gasteiger charge is 2.14. The first kappa shape index (κ1) is 15.6. The Labute approximate surface area is 141 Å². The molecule has 5 nitrogen and oxygen atoms in total. The van der Waals surface area contributed by atoms with Gasteiger partial charge in [-0.15, -0.1) is 0 Å². The fraction of sp³-hybridized carbons (Fsp3) is 0.176. The van der Waals surface area contributed by atoms with Gasteiger partial charge in [0.1, 0.15) is 5.82 Å². The van der Waals surface area contributed by atoms with Crippen LogP contribution >= 0.6 is 15.9 Å². The van der Waals surface area contributed by atoms with Crippen molar-refractivity contribution in [2.75, 3.05) is 13.7 Å². The van der Waals surface area contributed by atoms with Crippen molar-refractivity contribution in [2.45, 2.75) is 6.92 Å². The number of methoxy groups -OCH3 is 1. The highest BCUT2D eigenvalue weighted by Crippen LogP contribution is 2.38. The van der Waals surface area contributed by atoms with E-state index in [-0.39, 0.29) is 5.56 Å². The molecule has 0 radical (unpaired) electrons. The molecule has 0 bridgehead atoms. The third-order valence-electron chi connectivity index (χ3n) is 3.40. The summed E-state index contributed by atoms with van der Waals surface area (Å²) in [5.41, 5.74) is 1.22. The molecule has 0 saturated carbocycles. The predicted molar refractivity (Wildman–Crippen MR) is 93.2 cm³/mol. The molecule has 0 saturated heterocycles. The molecule has 6 heteroatoms. The zero-order valence-electron chi connectivity index (χ0n) is 12.7. The van der Waals surface area contributed by atoms with Crippen LogP contribution in [0.3, 0.4) is 0 Å². The molecule has 3 rings (SSSR count). The molecular weight excluding hydrogens is 360 g/mol. The van der Waals surface area contributed by atoms with Crippen molar-refractivity contribution in [2.24, 2.45) is 0 Å². The van der Waals surface area contributed by atoms with Crippen LogP contribution in [0.2, 0.25) is 0 Å². The molecule has 1 N–H and O–H groups in total. The molecule has 118 valence electrons. The monoisotopic (exact) mass is 374 g/mol. The number of nitrogens with one attached hydrogen (secondary N) is 1. The Kier molecular flexibility index (Phi) is 4.34. The smallest absolute Gasteiger partial charge is 0.259 e. The van der Waals surface area contributed by atoms with Crippen LogP contribution in [0.5, 0.6) is 11.5 Å². The minimum atomic E-state index is -0.171. The van der Waals surface area contributed by atoms with Gasteiger partial charge in [-0.3, -0.25) is 4.79 Å². The number of halogens is 1. The summed E-state index contributed by atoms with van der Waals surface area (Å²) in [6.45, 7) is 2.41. The molecule has 0 aliphatic carbocycles. The number of hydrogen-bond donors (Lipinski definition) is 1. The largest absolute Gasteiger partial charge is 0.492 e. The average molecular weight is 375 g/mol. The Bertz CT molecular complexity index is 921. The first-order valence-electron chi connectivity index (χ1n) is 7.13. The Morgan fingerprint density at radius 3 is 2.78 bits per heavy atom. The zero-order valence-corrected chi connectivity index (χ0v) is 14.3. The number of hydrogen-bond acceptors (Lipinski definition) is 4. The van der Waals surface area contributed by atoms with E-state index in [1.807, 2.05) is 31.2 Å². The maximum absolute atomic E-state index is 12.2. The molecular formula is C17H15BrN2O3. The highest BCUT2D eigenvalue weighted by molar-refractivity contribution is 9.10. The Morgan fingerprint density at radius 1 is 1.26 bits per heavy atom. The Hall–Kier alpha value is -2.34. The normalized spacial score (nSPS) is 10.7. The van der Waals surface area contributed by atoms with Crippen molar-refractivity contribution < 1.29 is 9.47 Å². The highest BCUT2D eigenvalue weighted by atomic mass is 79.9. The van der Waals surface area contributed by atoms with Crippen LogP contribution in [0.1, 0.15) is 6.92 Å². The number of fused-ring (bicyclic) bond motifs is 1. The van der Waals surface area contributed by atoms with Crippen LogP contribution in [0.15, 0.2) is 45.7 Å². The van der Waals surface area contributed by atoms with Crippen LogP contribution in [-0.2, 0) is 0 Å². The first-order valence-corrected chi connectivity index (χ1v) is 7.93. The van der Waals surface area contributed by atoms with Crippen molar-refractivity contribution >= 4 is 26.8 Å². The number of para-hydroxylation sites is 1. The minimum Gasteiger partial charge on any atom is -0.492 e. The van der Waals surface area contributed by atoms with E-state index >= 15 is 0 Å². The first-order chi connectivity index (χ1) is 11.1. The van der Waals surface area contributed by atoms with Gasteiger partial charge in [0.2, 0.25) is 0 Å². The van der Waals surface area contributed by atoms with Crippen LogP contribution in [0.25, 0.3) is 22.3 Å². The molecule has 0 atom stereocenters. The SMILES string of the molecule is CCOc1cc(-c2nc3ccccc3c(=O)[nH]2)cc(Br)c1OC. The molecule has 1 heterocycles. The lowest BCUT2D eigenvalue weighted by Crippen LogP contribution is -2.09. The van der Waals surface area contributed by atoms with Gasteiger partial charge in [0.15, 0.2) is 11.5 Å². The van der Waals surface area contributed by atoms with Gasteiger partial charge < -0.3 is 14.5 Å². The second kappa shape index (κ2) is 6.42. The van der Waals surface area contributed by atoms with Crippen molar-refractivity contribution in [3.05, 3.63) is 51.2 Å². The van der Waals surface area contributed by atoms with E-state index in [0.717, 1.165) is 10.0 Å². The van der Waals surface area contributed by atoms with Crippen LogP contribution in [-0.4, -0.2) is 23.7 Å². The van der Waals surface area contributed by atoms with E-state index in [4.69, 9.17) is 9.47 Å². The number of benzene rings is 2. The number of H-pyrrole nitrogens is 1. The maximum Gasteiger partial charge on any atom is 0.259 e. The van der Waals surface area contributed by atoms with E-state index in [0.29, 0.717) is 34.8 Å². The van der Waals surface area contributed by atoms with E-state index in [9.17, 15) is 4.79 Å². The summed E-state index contributed by atoms with van der Waals surface area (Å²) in [6.07, 6.45) is 0. The van der Waals surface area contributed by atoms with E-state index in [1.54, 1.807) is 19.2 Å². The Morgan fingerprint density at radius 2 is 2.04 bits per heavy atom. The van der Waals surface area contributed by atoms with Crippen LogP contribution in [0.4, 0.5) is 0 Å². The molecule has 0 fully saturated rings. The molecule has 23 heavy (non-hydrogen) atoms. The third-order valence-corrected chi connectivity index (χ3v) is 3.99. The van der Waals surface area contributed by atoms with Crippen LogP contribution in [0, 0.1) is 0 Å². The van der Waals surface area contributed by atoms with E-state index in [2.05, 4.69) is 25.9 Å². The summed E-state index contributed by atoms with van der Waals surface area (Å²) in [7, 11) is 1.58. The molecule has 2 aromatic carbocycles. The molecule has 0 aliphatic heterocycles. The van der Waals surface area contributed by atoms with Crippen molar-refractivity contribution in [1.29, 1.82) is 0 Å². The minimum absolute atomic E-state index is 0.171. The summed E-state index contributed by atoms with van der Waals surface area (Å²) < 4.78 is 11.7. The lowest BCUT2D eigenvalue weighted by molar-refractivity contribution is 0.310. The van der Waals surface area contributed by atoms with E-state index in [1.165, 1.54) is 0 Å². The number of nitrogens with zero attached hydrogens (tertiary/aromatic N) is 1. The fourth-order valence-corrected chi connectivity index (χ4v) is 2.99. The predicted octanol–water partition coefficient (Wildman–Crippen LogP) is 3.76. The zero-order chi connectivity index (χ0) is 16.4. The van der Waals surface area contributed by atoms with Gasteiger partial charge in [0.25, 0.3) is 5.56 Å². The quantitative estimate of drug-likeness (QED) is 0.754. The van der Waals surface area contributed by atoms with E-state index < -0.39 is 0 Å². The fourth-order valence-electron chi connectivity index (χ4n) is 2.39. The lowest BCUT2D eigenvalue weighted by atomic mass is 10.1. The summed E-state index contributed by atoms with van der Waals surface area (Å²) in [5, 5.41) is 0.564. The van der Waals surface area contributed by atoms with Crippen LogP contribution < -0.4 is 15.0 Å². The molecule has 3 aromatic rings. The molecule has 0 amide bonds. The number of ether oxygens (including phenoxy) is 2. The van der Waals surface area contributed by atoms with Gasteiger partial charge >= 0.3 is 0 Å². The number of aromatic nitrogens is 2. The third kappa shape index (κ3) is 2.94. The average Bonchev–Trinajstić information content (AvgIpc) is 2.55. The summed E-state index contributed by atoms with van der Waals surface area (Å²) >= 11 is 3.47. The topological polar surface area (TPSA) is 64.2 Å². The number of aromatic amines is 1. The summed E-state index contributed by atoms with van der Waals surface area (Å²) in [5.74, 6) is 1.69. The van der Waals surface area contributed by atoms with Gasteiger partial charge in [-0.2, -0.15) is 0 Å². The van der Waals surface area contributed by atoms with Gasteiger partial charge in [0, 0.05) is 5.56 Å².